The topological polar surface area (TPSA) is 40.9 Å². The Kier molecular flexibility index (Phi) is 5.28. The zero-order valence-electron chi connectivity index (χ0n) is 12.8. The van der Waals surface area contributed by atoms with Crippen LogP contribution in [0.15, 0.2) is 54.6 Å². The second-order valence-electron chi connectivity index (χ2n) is 5.42. The van der Waals surface area contributed by atoms with Gasteiger partial charge < -0.3 is 0 Å². The van der Waals surface area contributed by atoms with E-state index in [2.05, 4.69) is 11.8 Å². The van der Waals surface area contributed by atoms with E-state index in [1.54, 1.807) is 13.0 Å². The normalized spacial score (nSPS) is 12.4. The molecule has 0 aliphatic carbocycles. The average Bonchev–Trinajstić information content (AvgIpc) is 2.59. The van der Waals surface area contributed by atoms with Gasteiger partial charge in [0.1, 0.15) is 5.82 Å². The Labute approximate surface area is 135 Å². The molecule has 2 rings (SSSR count). The number of nitriles is 1. The summed E-state index contributed by atoms with van der Waals surface area (Å²) in [5.41, 5.74) is -0.319. The maximum atomic E-state index is 13.9. The number of carbonyl (C=O) groups is 1. The predicted octanol–water partition coefficient (Wildman–Crippen LogP) is 4.37. The SMILES string of the molecule is CC(C#Cc1ccccc1)(CCC#N)C(=O)c1ccccc1F. The summed E-state index contributed by atoms with van der Waals surface area (Å²) in [5.74, 6) is 4.96. The average molecular weight is 305 g/mol. The van der Waals surface area contributed by atoms with Gasteiger partial charge in [-0.15, -0.1) is 0 Å². The summed E-state index contributed by atoms with van der Waals surface area (Å²) in [6.07, 6.45) is 0.441. The van der Waals surface area contributed by atoms with Crippen molar-refractivity contribution in [1.29, 1.82) is 5.26 Å². The lowest BCUT2D eigenvalue weighted by Gasteiger charge is -2.21. The Hall–Kier alpha value is -2.91. The van der Waals surface area contributed by atoms with Crippen molar-refractivity contribution in [3.05, 3.63) is 71.5 Å². The van der Waals surface area contributed by atoms with Crippen LogP contribution in [0.1, 0.15) is 35.7 Å². The Balaban J connectivity index is 2.40. The third-order valence-electron chi connectivity index (χ3n) is 3.61. The number of hydrogen-bond acceptors (Lipinski definition) is 2. The second kappa shape index (κ2) is 7.38. The first kappa shape index (κ1) is 16.5. The smallest absolute Gasteiger partial charge is 0.183 e. The van der Waals surface area contributed by atoms with Crippen LogP contribution in [0.4, 0.5) is 4.39 Å². The molecule has 0 fully saturated rings. The molecule has 0 aromatic heterocycles. The molecule has 2 aromatic carbocycles. The van der Waals surface area contributed by atoms with E-state index in [0.29, 0.717) is 0 Å². The van der Waals surface area contributed by atoms with Gasteiger partial charge in [0.25, 0.3) is 0 Å². The van der Waals surface area contributed by atoms with E-state index in [-0.39, 0.29) is 18.4 Å². The minimum atomic E-state index is -1.10. The number of halogens is 1. The van der Waals surface area contributed by atoms with Crippen LogP contribution in [0.3, 0.4) is 0 Å². The Bertz CT molecular complexity index is 796. The Morgan fingerprint density at radius 2 is 1.78 bits per heavy atom. The van der Waals surface area contributed by atoms with Crippen molar-refractivity contribution in [3.8, 4) is 17.9 Å². The fourth-order valence-electron chi connectivity index (χ4n) is 2.21. The van der Waals surface area contributed by atoms with E-state index in [1.807, 2.05) is 36.4 Å². The van der Waals surface area contributed by atoms with Crippen molar-refractivity contribution in [2.45, 2.75) is 19.8 Å². The van der Waals surface area contributed by atoms with E-state index >= 15 is 0 Å². The Morgan fingerprint density at radius 3 is 2.43 bits per heavy atom. The highest BCUT2D eigenvalue weighted by molar-refractivity contribution is 6.02. The molecule has 0 heterocycles. The first-order chi connectivity index (χ1) is 11.1. The largest absolute Gasteiger partial charge is 0.292 e. The molecular formula is C20H16FNO. The van der Waals surface area contributed by atoms with Crippen molar-refractivity contribution in [2.24, 2.45) is 5.41 Å². The maximum Gasteiger partial charge on any atom is 0.183 e. The lowest BCUT2D eigenvalue weighted by atomic mass is 9.78. The van der Waals surface area contributed by atoms with Crippen LogP contribution in [-0.4, -0.2) is 5.78 Å². The summed E-state index contributed by atoms with van der Waals surface area (Å²) in [7, 11) is 0. The molecule has 0 bridgehead atoms. The van der Waals surface area contributed by atoms with Crippen LogP contribution in [0.2, 0.25) is 0 Å². The van der Waals surface area contributed by atoms with Crippen molar-refractivity contribution in [1.82, 2.24) is 0 Å². The van der Waals surface area contributed by atoms with Crippen molar-refractivity contribution in [2.75, 3.05) is 0 Å². The molecule has 0 amide bonds. The Morgan fingerprint density at radius 1 is 1.13 bits per heavy atom. The molecule has 2 aromatic rings. The van der Waals surface area contributed by atoms with Crippen LogP contribution in [-0.2, 0) is 0 Å². The molecule has 0 aliphatic heterocycles. The summed E-state index contributed by atoms with van der Waals surface area (Å²) in [4.78, 5) is 12.8. The van der Waals surface area contributed by atoms with Gasteiger partial charge in [-0.25, -0.2) is 4.39 Å². The maximum absolute atomic E-state index is 13.9. The molecule has 0 radical (unpaired) electrons. The quantitative estimate of drug-likeness (QED) is 0.621. The standard InChI is InChI=1S/C20H16FNO/c1-20(13-7-15-22,14-12-16-8-3-2-4-9-16)19(23)17-10-5-6-11-18(17)21/h2-6,8-11H,7,13H2,1H3. The van der Waals surface area contributed by atoms with Gasteiger partial charge in [0.15, 0.2) is 5.78 Å². The van der Waals surface area contributed by atoms with E-state index in [9.17, 15) is 9.18 Å². The van der Waals surface area contributed by atoms with Gasteiger partial charge in [0.2, 0.25) is 0 Å². The summed E-state index contributed by atoms with van der Waals surface area (Å²) >= 11 is 0. The van der Waals surface area contributed by atoms with Crippen LogP contribution in [0.5, 0.6) is 0 Å². The number of carbonyl (C=O) groups excluding carboxylic acids is 1. The van der Waals surface area contributed by atoms with Crippen LogP contribution in [0, 0.1) is 34.4 Å². The van der Waals surface area contributed by atoms with Crippen LogP contribution in [0.25, 0.3) is 0 Å². The first-order valence-electron chi connectivity index (χ1n) is 7.31. The molecule has 1 unspecified atom stereocenters. The fourth-order valence-corrected chi connectivity index (χ4v) is 2.21. The number of benzene rings is 2. The van der Waals surface area contributed by atoms with Crippen LogP contribution >= 0.6 is 0 Å². The molecule has 114 valence electrons. The number of Topliss-reactive ketones (excluding diaryl/α,β-unsaturated/α-hetero) is 1. The molecule has 23 heavy (non-hydrogen) atoms. The van der Waals surface area contributed by atoms with Crippen molar-refractivity contribution >= 4 is 5.78 Å². The summed E-state index contributed by atoms with van der Waals surface area (Å²) in [6, 6.07) is 17.2. The fraction of sp³-hybridized carbons (Fsp3) is 0.200. The minimum absolute atomic E-state index is 0.00954. The van der Waals surface area contributed by atoms with Gasteiger partial charge in [-0.05, 0) is 37.6 Å². The molecule has 0 N–H and O–H groups in total. The zero-order valence-corrected chi connectivity index (χ0v) is 12.8. The summed E-state index contributed by atoms with van der Waals surface area (Å²) < 4.78 is 13.9. The molecule has 3 heteroatoms. The third-order valence-corrected chi connectivity index (χ3v) is 3.61. The van der Waals surface area contributed by atoms with Crippen molar-refractivity contribution < 1.29 is 9.18 Å². The van der Waals surface area contributed by atoms with Gasteiger partial charge in [0, 0.05) is 12.0 Å². The number of ketones is 1. The highest BCUT2D eigenvalue weighted by Gasteiger charge is 2.33. The molecule has 0 saturated heterocycles. The summed E-state index contributed by atoms with van der Waals surface area (Å²) in [6.45, 7) is 1.66. The van der Waals surface area contributed by atoms with Gasteiger partial charge in [-0.1, -0.05) is 42.2 Å². The highest BCUT2D eigenvalue weighted by atomic mass is 19.1. The van der Waals surface area contributed by atoms with E-state index in [0.717, 1.165) is 5.56 Å². The molecule has 2 nitrogen and oxygen atoms in total. The van der Waals surface area contributed by atoms with E-state index < -0.39 is 17.0 Å². The van der Waals surface area contributed by atoms with Gasteiger partial charge in [-0.3, -0.25) is 4.79 Å². The summed E-state index contributed by atoms with van der Waals surface area (Å²) in [5, 5.41) is 8.84. The van der Waals surface area contributed by atoms with Crippen molar-refractivity contribution in [3.63, 3.8) is 0 Å². The number of hydrogen-bond donors (Lipinski definition) is 0. The van der Waals surface area contributed by atoms with Crippen LogP contribution < -0.4 is 0 Å². The molecule has 0 saturated carbocycles. The highest BCUT2D eigenvalue weighted by Crippen LogP contribution is 2.28. The zero-order chi connectivity index (χ0) is 16.7. The molecule has 0 aliphatic rings. The molecular weight excluding hydrogens is 289 g/mol. The third kappa shape index (κ3) is 4.05. The second-order valence-corrected chi connectivity index (χ2v) is 5.42. The predicted molar refractivity (Wildman–Crippen MR) is 87.0 cm³/mol. The molecule has 0 spiro atoms. The van der Waals surface area contributed by atoms with Gasteiger partial charge in [-0.2, -0.15) is 5.26 Å². The molecule has 1 atom stereocenters. The van der Waals surface area contributed by atoms with Gasteiger partial charge in [0.05, 0.1) is 17.0 Å². The first-order valence-corrected chi connectivity index (χ1v) is 7.31. The van der Waals surface area contributed by atoms with E-state index in [4.69, 9.17) is 5.26 Å². The monoisotopic (exact) mass is 305 g/mol. The lowest BCUT2D eigenvalue weighted by Crippen LogP contribution is -2.27. The number of rotatable bonds is 4. The number of nitrogens with zero attached hydrogens (tertiary/aromatic N) is 1. The lowest BCUT2D eigenvalue weighted by molar-refractivity contribution is 0.0866. The minimum Gasteiger partial charge on any atom is -0.292 e. The van der Waals surface area contributed by atoms with E-state index in [1.165, 1.54) is 18.2 Å². The van der Waals surface area contributed by atoms with Gasteiger partial charge >= 0.3 is 0 Å².